The van der Waals surface area contributed by atoms with Gasteiger partial charge in [-0.05, 0) is 34.9 Å². The number of ketones is 1. The van der Waals surface area contributed by atoms with Gasteiger partial charge in [-0.2, -0.15) is 0 Å². The fourth-order valence-electron chi connectivity index (χ4n) is 2.49. The summed E-state index contributed by atoms with van der Waals surface area (Å²) in [6.45, 7) is 2.07. The lowest BCUT2D eigenvalue weighted by Crippen LogP contribution is -1.96. The van der Waals surface area contributed by atoms with E-state index in [4.69, 9.17) is 0 Å². The Bertz CT molecular complexity index is 814. The van der Waals surface area contributed by atoms with E-state index < -0.39 is 0 Å². The molecule has 3 aromatic carbocycles. The molecule has 0 aromatic heterocycles. The molecule has 1 heteroatoms. The van der Waals surface area contributed by atoms with Crippen LogP contribution in [0.3, 0.4) is 0 Å². The SMILES string of the molecule is Cc1ccc(C(=O)/C=C/c2ccccc2)c2ccccc12. The van der Waals surface area contributed by atoms with Gasteiger partial charge in [-0.15, -0.1) is 0 Å². The Hall–Kier alpha value is -2.67. The molecule has 0 bridgehead atoms. The normalized spacial score (nSPS) is 11.1. The lowest BCUT2D eigenvalue weighted by atomic mass is 9.97. The number of fused-ring (bicyclic) bond motifs is 1. The molecule has 0 spiro atoms. The number of benzene rings is 3. The van der Waals surface area contributed by atoms with E-state index in [9.17, 15) is 4.79 Å². The Labute approximate surface area is 124 Å². The highest BCUT2D eigenvalue weighted by Crippen LogP contribution is 2.23. The van der Waals surface area contributed by atoms with Gasteiger partial charge >= 0.3 is 0 Å². The van der Waals surface area contributed by atoms with E-state index in [1.807, 2.05) is 66.7 Å². The topological polar surface area (TPSA) is 17.1 Å². The first-order valence-corrected chi connectivity index (χ1v) is 7.01. The summed E-state index contributed by atoms with van der Waals surface area (Å²) in [4.78, 5) is 12.5. The van der Waals surface area contributed by atoms with Gasteiger partial charge in [0.2, 0.25) is 0 Å². The van der Waals surface area contributed by atoms with Crippen molar-refractivity contribution in [3.63, 3.8) is 0 Å². The number of carbonyl (C=O) groups is 1. The first kappa shape index (κ1) is 13.3. The Kier molecular flexibility index (Phi) is 3.65. The zero-order valence-electron chi connectivity index (χ0n) is 11.9. The van der Waals surface area contributed by atoms with Crippen LogP contribution in [0.4, 0.5) is 0 Å². The molecular weight excluding hydrogens is 256 g/mol. The molecule has 0 saturated carbocycles. The predicted molar refractivity (Wildman–Crippen MR) is 88.5 cm³/mol. The molecule has 3 rings (SSSR count). The molecule has 102 valence electrons. The van der Waals surface area contributed by atoms with E-state index >= 15 is 0 Å². The minimum Gasteiger partial charge on any atom is -0.289 e. The Morgan fingerprint density at radius 2 is 1.48 bits per heavy atom. The average Bonchev–Trinajstić information content (AvgIpc) is 2.54. The molecule has 0 saturated heterocycles. The maximum Gasteiger partial charge on any atom is 0.186 e. The summed E-state index contributed by atoms with van der Waals surface area (Å²) in [5.41, 5.74) is 2.97. The van der Waals surface area contributed by atoms with Gasteiger partial charge in [0, 0.05) is 5.56 Å². The zero-order valence-corrected chi connectivity index (χ0v) is 11.9. The summed E-state index contributed by atoms with van der Waals surface area (Å²) in [5, 5.41) is 2.15. The quantitative estimate of drug-likeness (QED) is 0.482. The third kappa shape index (κ3) is 2.77. The van der Waals surface area contributed by atoms with E-state index in [1.165, 1.54) is 5.56 Å². The number of rotatable bonds is 3. The van der Waals surface area contributed by atoms with Crippen LogP contribution in [0.5, 0.6) is 0 Å². The summed E-state index contributed by atoms with van der Waals surface area (Å²) >= 11 is 0. The highest BCUT2D eigenvalue weighted by molar-refractivity contribution is 6.15. The smallest absolute Gasteiger partial charge is 0.186 e. The van der Waals surface area contributed by atoms with Gasteiger partial charge in [0.1, 0.15) is 0 Å². The van der Waals surface area contributed by atoms with Crippen LogP contribution in [-0.2, 0) is 0 Å². The van der Waals surface area contributed by atoms with Crippen molar-refractivity contribution in [2.45, 2.75) is 6.92 Å². The fourth-order valence-corrected chi connectivity index (χ4v) is 2.49. The Morgan fingerprint density at radius 1 is 0.810 bits per heavy atom. The van der Waals surface area contributed by atoms with Crippen LogP contribution in [0, 0.1) is 6.92 Å². The lowest BCUT2D eigenvalue weighted by molar-refractivity contribution is 0.104. The summed E-state index contributed by atoms with van der Waals surface area (Å²) in [5.74, 6) is 0.0371. The zero-order chi connectivity index (χ0) is 14.7. The van der Waals surface area contributed by atoms with Crippen LogP contribution >= 0.6 is 0 Å². The second kappa shape index (κ2) is 5.76. The molecule has 0 aliphatic heterocycles. The van der Waals surface area contributed by atoms with Crippen LogP contribution < -0.4 is 0 Å². The van der Waals surface area contributed by atoms with Gasteiger partial charge < -0.3 is 0 Å². The molecule has 0 amide bonds. The third-order valence-electron chi connectivity index (χ3n) is 3.63. The van der Waals surface area contributed by atoms with Gasteiger partial charge in [-0.1, -0.05) is 72.8 Å². The minimum absolute atomic E-state index is 0.0371. The van der Waals surface area contributed by atoms with Gasteiger partial charge in [0.05, 0.1) is 0 Å². The molecular formula is C20H16O. The van der Waals surface area contributed by atoms with Crippen LogP contribution in [0.1, 0.15) is 21.5 Å². The van der Waals surface area contributed by atoms with Gasteiger partial charge in [-0.3, -0.25) is 4.79 Å². The van der Waals surface area contributed by atoms with Crippen LogP contribution in [0.25, 0.3) is 16.8 Å². The summed E-state index contributed by atoms with van der Waals surface area (Å²) in [7, 11) is 0. The standard InChI is InChI=1S/C20H16O/c1-15-11-13-19(18-10-6-5-9-17(15)18)20(21)14-12-16-7-3-2-4-8-16/h2-14H,1H3/b14-12+. The van der Waals surface area contributed by atoms with E-state index in [2.05, 4.69) is 13.0 Å². The van der Waals surface area contributed by atoms with Crippen molar-refractivity contribution >= 4 is 22.6 Å². The molecule has 3 aromatic rings. The number of carbonyl (C=O) groups excluding carboxylic acids is 1. The lowest BCUT2D eigenvalue weighted by Gasteiger charge is -2.06. The number of hydrogen-bond acceptors (Lipinski definition) is 1. The Balaban J connectivity index is 1.99. The van der Waals surface area contributed by atoms with Gasteiger partial charge in [-0.25, -0.2) is 0 Å². The van der Waals surface area contributed by atoms with Crippen molar-refractivity contribution in [1.82, 2.24) is 0 Å². The molecule has 21 heavy (non-hydrogen) atoms. The summed E-state index contributed by atoms with van der Waals surface area (Å²) < 4.78 is 0. The van der Waals surface area contributed by atoms with Crippen molar-refractivity contribution in [2.75, 3.05) is 0 Å². The van der Waals surface area contributed by atoms with E-state index in [-0.39, 0.29) is 5.78 Å². The molecule has 0 unspecified atom stereocenters. The van der Waals surface area contributed by atoms with Crippen LogP contribution in [0.15, 0.2) is 72.8 Å². The molecule has 0 N–H and O–H groups in total. The predicted octanol–water partition coefficient (Wildman–Crippen LogP) is 5.04. The third-order valence-corrected chi connectivity index (χ3v) is 3.63. The first-order chi connectivity index (χ1) is 10.3. The molecule has 0 fully saturated rings. The first-order valence-electron chi connectivity index (χ1n) is 7.01. The minimum atomic E-state index is 0.0371. The van der Waals surface area contributed by atoms with Crippen molar-refractivity contribution in [3.8, 4) is 0 Å². The monoisotopic (exact) mass is 272 g/mol. The molecule has 0 radical (unpaired) electrons. The number of allylic oxidation sites excluding steroid dienone is 1. The average molecular weight is 272 g/mol. The van der Waals surface area contributed by atoms with E-state index in [0.717, 1.165) is 21.9 Å². The molecule has 0 atom stereocenters. The number of hydrogen-bond donors (Lipinski definition) is 0. The largest absolute Gasteiger partial charge is 0.289 e. The fraction of sp³-hybridized carbons (Fsp3) is 0.0500. The second-order valence-electron chi connectivity index (χ2n) is 5.08. The molecule has 0 aliphatic rings. The molecule has 1 nitrogen and oxygen atoms in total. The highest BCUT2D eigenvalue weighted by atomic mass is 16.1. The summed E-state index contributed by atoms with van der Waals surface area (Å²) in [6.07, 6.45) is 3.50. The van der Waals surface area contributed by atoms with Gasteiger partial charge in [0.25, 0.3) is 0 Å². The van der Waals surface area contributed by atoms with Crippen molar-refractivity contribution < 1.29 is 4.79 Å². The Morgan fingerprint density at radius 3 is 2.24 bits per heavy atom. The highest BCUT2D eigenvalue weighted by Gasteiger charge is 2.08. The summed E-state index contributed by atoms with van der Waals surface area (Å²) in [6, 6.07) is 21.8. The molecule has 0 aliphatic carbocycles. The van der Waals surface area contributed by atoms with Crippen LogP contribution in [0.2, 0.25) is 0 Å². The number of aryl methyl sites for hydroxylation is 1. The van der Waals surface area contributed by atoms with Crippen molar-refractivity contribution in [3.05, 3.63) is 89.5 Å². The van der Waals surface area contributed by atoms with Crippen molar-refractivity contribution in [1.29, 1.82) is 0 Å². The van der Waals surface area contributed by atoms with E-state index in [1.54, 1.807) is 6.08 Å². The van der Waals surface area contributed by atoms with E-state index in [0.29, 0.717) is 0 Å². The van der Waals surface area contributed by atoms with Gasteiger partial charge in [0.15, 0.2) is 5.78 Å². The van der Waals surface area contributed by atoms with Crippen molar-refractivity contribution in [2.24, 2.45) is 0 Å². The second-order valence-corrected chi connectivity index (χ2v) is 5.08. The molecule has 0 heterocycles. The maximum atomic E-state index is 12.5. The maximum absolute atomic E-state index is 12.5. The van der Waals surface area contributed by atoms with Crippen LogP contribution in [-0.4, -0.2) is 5.78 Å².